The molecule has 0 aromatic rings. The molecule has 0 aromatic heterocycles. The van der Waals surface area contributed by atoms with Crippen LogP contribution in [-0.4, -0.2) is 58.6 Å². The topological polar surface area (TPSA) is 119 Å². The molecule has 11 atom stereocenters. The summed E-state index contributed by atoms with van der Waals surface area (Å²) in [5.41, 5.74) is -1.37. The average molecular weight is 635 g/mol. The molecule has 0 saturated heterocycles. The molecule has 45 heavy (non-hydrogen) atoms. The summed E-state index contributed by atoms with van der Waals surface area (Å²) in [6.45, 7) is 18.1. The van der Waals surface area contributed by atoms with Crippen molar-refractivity contribution in [3.05, 3.63) is 0 Å². The highest BCUT2D eigenvalue weighted by Crippen LogP contribution is 2.68. The number of aliphatic hydroxyl groups excluding tert-OH is 2. The number of carbonyl (C=O) groups is 3. The Morgan fingerprint density at radius 1 is 0.911 bits per heavy atom. The van der Waals surface area contributed by atoms with Crippen molar-refractivity contribution in [3.8, 4) is 0 Å². The molecule has 0 bridgehead atoms. The number of rotatable bonds is 10. The molecule has 0 heterocycles. The van der Waals surface area contributed by atoms with Crippen molar-refractivity contribution >= 4 is 17.9 Å². The van der Waals surface area contributed by atoms with Gasteiger partial charge in [0.25, 0.3) is 0 Å². The Morgan fingerprint density at radius 3 is 2.24 bits per heavy atom. The van der Waals surface area contributed by atoms with Gasteiger partial charge in [-0.05, 0) is 139 Å². The smallest absolute Gasteiger partial charge is 0.311 e. The molecule has 0 spiro atoms. The highest BCUT2D eigenvalue weighted by molar-refractivity contribution is 5.76. The van der Waals surface area contributed by atoms with Crippen LogP contribution >= 0.6 is 0 Å². The number of fused-ring (bicyclic) bond motifs is 5. The van der Waals surface area contributed by atoms with E-state index in [9.17, 15) is 24.6 Å². The Balaban J connectivity index is 1.36. The normalized spacial score (nSPS) is 38.7. The lowest BCUT2D eigenvalue weighted by Gasteiger charge is -2.63. The van der Waals surface area contributed by atoms with Crippen molar-refractivity contribution in [2.75, 3.05) is 6.61 Å². The molecule has 0 amide bonds. The Labute approximate surface area is 271 Å². The average Bonchev–Trinajstić information content (AvgIpc) is 3.30. The third-order valence-electron chi connectivity index (χ3n) is 13.0. The zero-order valence-corrected chi connectivity index (χ0v) is 29.5. The van der Waals surface area contributed by atoms with Crippen LogP contribution in [0.25, 0.3) is 0 Å². The van der Waals surface area contributed by atoms with Gasteiger partial charge in [0.2, 0.25) is 0 Å². The van der Waals surface area contributed by atoms with Crippen LogP contribution in [0.2, 0.25) is 0 Å². The molecule has 11 unspecified atom stereocenters. The minimum Gasteiger partial charge on any atom is -0.465 e. The highest BCUT2D eigenvalue weighted by atomic mass is 16.6. The van der Waals surface area contributed by atoms with Crippen LogP contribution in [0.15, 0.2) is 0 Å². The van der Waals surface area contributed by atoms with Gasteiger partial charge in [-0.15, -0.1) is 0 Å². The summed E-state index contributed by atoms with van der Waals surface area (Å²) in [6.07, 6.45) is 6.65. The Kier molecular flexibility index (Phi) is 10.8. The van der Waals surface area contributed by atoms with Gasteiger partial charge in [0, 0.05) is 6.42 Å². The third-order valence-corrected chi connectivity index (χ3v) is 13.0. The fourth-order valence-corrected chi connectivity index (χ4v) is 9.94. The van der Waals surface area contributed by atoms with E-state index >= 15 is 0 Å². The molecule has 4 saturated carbocycles. The minimum absolute atomic E-state index is 0.00214. The summed E-state index contributed by atoms with van der Waals surface area (Å²) in [5.74, 6) is 0.522. The maximum Gasteiger partial charge on any atom is 0.311 e. The number of ether oxygens (including phenoxy) is 3. The van der Waals surface area contributed by atoms with E-state index in [4.69, 9.17) is 14.2 Å². The predicted molar refractivity (Wildman–Crippen MR) is 172 cm³/mol. The SMILES string of the molecule is CCC(C)(C)C(=O)OC1CCC2(C)C(C1)CC(O)C1C2CC(O)C2(C)C(C(C)CCC(=O)OCCC(=O)OC(C)(C)C)CCC12. The summed E-state index contributed by atoms with van der Waals surface area (Å²) >= 11 is 0. The Morgan fingerprint density at radius 2 is 1.60 bits per heavy atom. The second-order valence-electron chi connectivity index (χ2n) is 17.2. The van der Waals surface area contributed by atoms with Gasteiger partial charge in [-0.25, -0.2) is 0 Å². The quantitative estimate of drug-likeness (QED) is 0.203. The third kappa shape index (κ3) is 7.42. The number of esters is 3. The number of aliphatic hydroxyl groups is 2. The second-order valence-corrected chi connectivity index (χ2v) is 17.2. The van der Waals surface area contributed by atoms with Gasteiger partial charge in [0.05, 0.1) is 24.0 Å². The van der Waals surface area contributed by atoms with Crippen molar-refractivity contribution in [2.45, 2.75) is 157 Å². The largest absolute Gasteiger partial charge is 0.465 e. The monoisotopic (exact) mass is 634 g/mol. The first-order chi connectivity index (χ1) is 20.8. The van der Waals surface area contributed by atoms with Gasteiger partial charge in [0.1, 0.15) is 18.3 Å². The minimum atomic E-state index is -0.565. The lowest BCUT2D eigenvalue weighted by molar-refractivity contribution is -0.210. The zero-order chi connectivity index (χ0) is 33.5. The van der Waals surface area contributed by atoms with Crippen LogP contribution in [0.3, 0.4) is 0 Å². The molecule has 0 aromatic carbocycles. The van der Waals surface area contributed by atoms with E-state index < -0.39 is 23.2 Å². The van der Waals surface area contributed by atoms with Gasteiger partial charge >= 0.3 is 17.9 Å². The van der Waals surface area contributed by atoms with Crippen molar-refractivity contribution in [2.24, 2.45) is 51.8 Å². The molecule has 8 nitrogen and oxygen atoms in total. The summed E-state index contributed by atoms with van der Waals surface area (Å²) in [5, 5.41) is 23.7. The van der Waals surface area contributed by atoms with Crippen molar-refractivity contribution in [1.29, 1.82) is 0 Å². The molecule has 4 fully saturated rings. The first-order valence-electron chi connectivity index (χ1n) is 17.8. The van der Waals surface area contributed by atoms with Crippen LogP contribution < -0.4 is 0 Å². The van der Waals surface area contributed by atoms with Crippen LogP contribution in [-0.2, 0) is 28.6 Å². The Hall–Kier alpha value is -1.67. The summed E-state index contributed by atoms with van der Waals surface area (Å²) < 4.78 is 16.6. The van der Waals surface area contributed by atoms with E-state index in [1.165, 1.54) is 0 Å². The number of carbonyl (C=O) groups excluding carboxylic acids is 3. The molecular formula is C37H62O8. The van der Waals surface area contributed by atoms with Crippen LogP contribution in [0.5, 0.6) is 0 Å². The summed E-state index contributed by atoms with van der Waals surface area (Å²) in [4.78, 5) is 37.3. The maximum atomic E-state index is 12.8. The molecule has 4 rings (SSSR count). The van der Waals surface area contributed by atoms with Crippen LogP contribution in [0.4, 0.5) is 0 Å². The molecule has 4 aliphatic carbocycles. The van der Waals surface area contributed by atoms with E-state index in [1.54, 1.807) is 0 Å². The van der Waals surface area contributed by atoms with Gasteiger partial charge < -0.3 is 24.4 Å². The fourth-order valence-electron chi connectivity index (χ4n) is 9.94. The van der Waals surface area contributed by atoms with Gasteiger partial charge in [-0.1, -0.05) is 27.7 Å². The molecule has 258 valence electrons. The van der Waals surface area contributed by atoms with Gasteiger partial charge in [-0.2, -0.15) is 0 Å². The number of hydrogen-bond donors (Lipinski definition) is 2. The first-order valence-corrected chi connectivity index (χ1v) is 17.8. The fraction of sp³-hybridized carbons (Fsp3) is 0.919. The number of hydrogen-bond acceptors (Lipinski definition) is 8. The maximum absolute atomic E-state index is 12.8. The van der Waals surface area contributed by atoms with Crippen LogP contribution in [0.1, 0.15) is 133 Å². The van der Waals surface area contributed by atoms with E-state index in [-0.39, 0.29) is 89.8 Å². The van der Waals surface area contributed by atoms with Crippen molar-refractivity contribution in [1.82, 2.24) is 0 Å². The van der Waals surface area contributed by atoms with Gasteiger partial charge in [0.15, 0.2) is 0 Å². The zero-order valence-electron chi connectivity index (χ0n) is 29.5. The van der Waals surface area contributed by atoms with Crippen molar-refractivity contribution < 1.29 is 38.8 Å². The van der Waals surface area contributed by atoms with E-state index in [1.807, 2.05) is 41.5 Å². The molecule has 8 heteroatoms. The predicted octanol–water partition coefficient (Wildman–Crippen LogP) is 6.63. The van der Waals surface area contributed by atoms with E-state index in [0.717, 1.165) is 44.9 Å². The molecule has 2 N–H and O–H groups in total. The van der Waals surface area contributed by atoms with E-state index in [0.29, 0.717) is 12.8 Å². The molecular weight excluding hydrogens is 572 g/mol. The molecule has 4 aliphatic rings. The highest BCUT2D eigenvalue weighted by Gasteiger charge is 2.66. The van der Waals surface area contributed by atoms with Crippen LogP contribution in [0, 0.1) is 51.8 Å². The summed E-state index contributed by atoms with van der Waals surface area (Å²) in [6, 6.07) is 0. The molecule has 0 radical (unpaired) electrons. The Bertz CT molecular complexity index is 1080. The first kappa shape index (κ1) is 36.2. The van der Waals surface area contributed by atoms with E-state index in [2.05, 4.69) is 20.8 Å². The van der Waals surface area contributed by atoms with Gasteiger partial charge in [-0.3, -0.25) is 14.4 Å². The standard InChI is InChI=1S/C37H62O8/c1-10-35(6,7)33(42)44-24-15-17-36(8)23(19-24)20-28(38)32-26-13-12-25(37(26,9)29(39)21-27(32)36)22(2)11-14-30(40)43-18-16-31(41)45-34(3,4)5/h22-29,32,38-39H,10-21H2,1-9H3. The van der Waals surface area contributed by atoms with Crippen molar-refractivity contribution in [3.63, 3.8) is 0 Å². The summed E-state index contributed by atoms with van der Waals surface area (Å²) in [7, 11) is 0. The lowest BCUT2D eigenvalue weighted by atomic mass is 9.43. The molecule has 0 aliphatic heterocycles. The second kappa shape index (κ2) is 13.4. The lowest BCUT2D eigenvalue weighted by Crippen LogP contribution is -2.62.